The molecule has 1 radical (unpaired) electrons. The van der Waals surface area contributed by atoms with Crippen LogP contribution in [0.4, 0.5) is 5.69 Å². The van der Waals surface area contributed by atoms with Crippen LogP contribution in [-0.2, 0) is 16.2 Å². The topological polar surface area (TPSA) is 150 Å². The molecule has 2 amide bonds. The number of benzene rings is 2. The van der Waals surface area contributed by atoms with E-state index in [1.807, 2.05) is 44.4 Å². The molecule has 2 bridgehead atoms. The number of rotatable bonds is 18. The van der Waals surface area contributed by atoms with Crippen LogP contribution >= 0.6 is 0 Å². The summed E-state index contributed by atoms with van der Waals surface area (Å²) in [5, 5.41) is 28.0. The van der Waals surface area contributed by atoms with Gasteiger partial charge in [0.05, 0.1) is 26.4 Å². The third kappa shape index (κ3) is 10.4. The number of nitrogen functional groups attached to an aromatic ring is 1. The molecule has 11 heteroatoms. The normalized spacial score (nSPS) is 22.7. The second-order valence-electron chi connectivity index (χ2n) is 16.1. The molecule has 0 spiro atoms. The average molecular weight is 709 g/mol. The summed E-state index contributed by atoms with van der Waals surface area (Å²) in [6.45, 7) is 13.2. The second kappa shape index (κ2) is 17.5. The van der Waals surface area contributed by atoms with Gasteiger partial charge >= 0.3 is 0 Å². The first-order valence-corrected chi connectivity index (χ1v) is 18.4. The molecule has 0 heterocycles. The quantitative estimate of drug-likeness (QED) is 0.111. The molecular weight excluding hydrogens is 646 g/mol. The molecule has 3 aliphatic carbocycles. The van der Waals surface area contributed by atoms with Gasteiger partial charge in [0.25, 0.3) is 5.91 Å². The minimum Gasteiger partial charge on any atom is -0.496 e. The number of anilines is 1. The number of nitrogens with two attached hydrogens (primary N) is 1. The molecule has 11 nitrogen and oxygen atoms in total. The Hall–Kier alpha value is -3.22. The maximum Gasteiger partial charge on any atom is 0.251 e. The zero-order valence-electron chi connectivity index (χ0n) is 32.1. The number of carbonyl (C=O) groups excluding carboxylic acids is 2. The molecule has 6 N–H and O–H groups in total. The lowest BCUT2D eigenvalue weighted by Gasteiger charge is -2.62. The number of methoxy groups -OCH3 is 1. The van der Waals surface area contributed by atoms with E-state index in [1.54, 1.807) is 20.1 Å². The van der Waals surface area contributed by atoms with Crippen LogP contribution in [0.25, 0.3) is 11.1 Å². The van der Waals surface area contributed by atoms with Crippen molar-refractivity contribution in [2.45, 2.75) is 91.6 Å². The molecule has 0 unspecified atom stereocenters. The Labute approximate surface area is 305 Å². The summed E-state index contributed by atoms with van der Waals surface area (Å²) in [5.41, 5.74) is 9.71. The summed E-state index contributed by atoms with van der Waals surface area (Å²) < 4.78 is 5.97. The van der Waals surface area contributed by atoms with Crippen molar-refractivity contribution in [1.29, 1.82) is 0 Å². The summed E-state index contributed by atoms with van der Waals surface area (Å²) in [4.78, 5) is 35.3. The highest BCUT2D eigenvalue weighted by Gasteiger charge is 2.56. The Morgan fingerprint density at radius 3 is 2.45 bits per heavy atom. The van der Waals surface area contributed by atoms with Crippen LogP contribution in [0.15, 0.2) is 36.4 Å². The second-order valence-corrected chi connectivity index (χ2v) is 16.1. The van der Waals surface area contributed by atoms with Gasteiger partial charge in [-0.3, -0.25) is 14.4 Å². The maximum atomic E-state index is 13.6. The number of nitrogens with zero attached hydrogens (tertiary/aromatic N) is 2. The molecule has 7 atom stereocenters. The van der Waals surface area contributed by atoms with E-state index in [9.17, 15) is 19.8 Å². The number of para-hydroxylation sites is 1. The van der Waals surface area contributed by atoms with Gasteiger partial charge < -0.3 is 36.2 Å². The molecule has 51 heavy (non-hydrogen) atoms. The molecule has 0 aromatic heterocycles. The number of hydrogen-bond acceptors (Lipinski definition) is 9. The third-order valence-electron chi connectivity index (χ3n) is 10.8. The maximum absolute atomic E-state index is 13.6. The molecule has 283 valence electrons. The average Bonchev–Trinajstić information content (AvgIpc) is 3.03. The minimum atomic E-state index is -0.837. The van der Waals surface area contributed by atoms with Crippen molar-refractivity contribution in [3.63, 3.8) is 0 Å². The van der Waals surface area contributed by atoms with E-state index in [4.69, 9.17) is 15.3 Å². The first-order valence-electron chi connectivity index (χ1n) is 18.4. The molecule has 0 aliphatic heterocycles. The van der Waals surface area contributed by atoms with E-state index in [0.29, 0.717) is 51.7 Å². The van der Waals surface area contributed by atoms with Gasteiger partial charge in [0, 0.05) is 47.4 Å². The van der Waals surface area contributed by atoms with E-state index >= 15 is 0 Å². The van der Waals surface area contributed by atoms with E-state index in [-0.39, 0.29) is 43.6 Å². The van der Waals surface area contributed by atoms with Gasteiger partial charge in [0.2, 0.25) is 5.91 Å². The molecule has 5 rings (SSSR count). The molecular formula is C40H62N5O6. The van der Waals surface area contributed by atoms with E-state index in [1.165, 1.54) is 17.9 Å². The number of ether oxygens (including phenoxy) is 1. The lowest BCUT2D eigenvalue weighted by Crippen LogP contribution is -2.61. The molecule has 3 fully saturated rings. The van der Waals surface area contributed by atoms with E-state index in [2.05, 4.69) is 50.2 Å². The third-order valence-corrected chi connectivity index (χ3v) is 10.8. The monoisotopic (exact) mass is 708 g/mol. The SMILES string of the molecule is COc1c(CN(CC(=O)N[C@H]2C[C@@H]3C[C@H]([C@@H]2C)C3(C)C)O[C@H]([CH][C@H](C)O)CO)cccc1-c1cc(N)cc(C(=O)N[C@@H](CC(C)C)CN(C)C)c1. The van der Waals surface area contributed by atoms with E-state index < -0.39 is 12.2 Å². The zero-order valence-corrected chi connectivity index (χ0v) is 32.1. The van der Waals surface area contributed by atoms with Crippen LogP contribution in [0.5, 0.6) is 5.75 Å². The van der Waals surface area contributed by atoms with Crippen molar-refractivity contribution in [2.24, 2.45) is 29.1 Å². The summed E-state index contributed by atoms with van der Waals surface area (Å²) in [7, 11) is 5.56. The first-order chi connectivity index (χ1) is 24.0. The van der Waals surface area contributed by atoms with Crippen LogP contribution in [0.2, 0.25) is 0 Å². The highest BCUT2D eigenvalue weighted by Crippen LogP contribution is 2.61. The van der Waals surface area contributed by atoms with Crippen LogP contribution in [0.3, 0.4) is 0 Å². The Kier molecular flexibility index (Phi) is 13.9. The van der Waals surface area contributed by atoms with Gasteiger partial charge in [0.1, 0.15) is 18.4 Å². The fraction of sp³-hybridized carbons (Fsp3) is 0.625. The Morgan fingerprint density at radius 2 is 1.86 bits per heavy atom. The number of fused-ring (bicyclic) bond motifs is 2. The van der Waals surface area contributed by atoms with Crippen molar-refractivity contribution in [1.82, 2.24) is 20.6 Å². The Balaban J connectivity index is 1.58. The minimum absolute atomic E-state index is 0.0221. The lowest BCUT2D eigenvalue weighted by atomic mass is 9.45. The van der Waals surface area contributed by atoms with Crippen LogP contribution in [0.1, 0.15) is 76.7 Å². The first kappa shape index (κ1) is 40.5. The van der Waals surface area contributed by atoms with Crippen LogP contribution in [0, 0.1) is 35.5 Å². The summed E-state index contributed by atoms with van der Waals surface area (Å²) in [5.74, 6) is 2.13. The fourth-order valence-electron chi connectivity index (χ4n) is 8.28. The Morgan fingerprint density at radius 1 is 1.14 bits per heavy atom. The molecule has 2 aromatic rings. The number of carbonyl (C=O) groups is 2. The van der Waals surface area contributed by atoms with Crippen molar-refractivity contribution < 1.29 is 29.4 Å². The Bertz CT molecular complexity index is 1470. The van der Waals surface area contributed by atoms with Crippen LogP contribution < -0.4 is 21.1 Å². The standard InChI is InChI=1S/C40H62N5O6/c1-24(2)13-32(21-44(7)8)42-39(49)29-15-28(16-31(41)17-29)34-12-10-11-27(38(34)50-9)20-45(51-33(23-46)14-25(3)47)22-37(48)43-36-19-30-18-35(26(36)4)40(30,5)6/h10-12,14-17,24-26,30,32-33,35-36,46-47H,13,18-23,41H2,1-9H3,(H,42,49)(H,43,48)/t25-,26-,30-,32-,33+,35+,36-/m0/s1. The predicted octanol–water partition coefficient (Wildman–Crippen LogP) is 4.52. The lowest BCUT2D eigenvalue weighted by molar-refractivity contribution is -0.207. The molecule has 3 aliphatic rings. The van der Waals surface area contributed by atoms with Crippen molar-refractivity contribution in [3.8, 4) is 16.9 Å². The number of amides is 2. The van der Waals surface area contributed by atoms with Crippen molar-refractivity contribution in [2.75, 3.05) is 46.6 Å². The number of aliphatic hydroxyl groups is 2. The molecule has 3 saturated carbocycles. The summed E-state index contributed by atoms with van der Waals surface area (Å²) in [6, 6.07) is 11.0. The highest BCUT2D eigenvalue weighted by atomic mass is 16.7. The van der Waals surface area contributed by atoms with Crippen LogP contribution in [-0.4, -0.2) is 97.2 Å². The fourth-order valence-corrected chi connectivity index (χ4v) is 8.28. The largest absolute Gasteiger partial charge is 0.496 e. The van der Waals surface area contributed by atoms with Gasteiger partial charge in [-0.2, -0.15) is 5.06 Å². The predicted molar refractivity (Wildman–Crippen MR) is 202 cm³/mol. The van der Waals surface area contributed by atoms with E-state index in [0.717, 1.165) is 30.5 Å². The van der Waals surface area contributed by atoms with Crippen molar-refractivity contribution >= 4 is 17.5 Å². The zero-order chi connectivity index (χ0) is 37.6. The molecule has 0 saturated heterocycles. The summed E-state index contributed by atoms with van der Waals surface area (Å²) >= 11 is 0. The van der Waals surface area contributed by atoms with Gasteiger partial charge in [0.15, 0.2) is 0 Å². The van der Waals surface area contributed by atoms with Crippen molar-refractivity contribution in [3.05, 3.63) is 53.9 Å². The number of likely N-dealkylation sites (N-methyl/N-ethyl adjacent to an activating group) is 1. The number of aliphatic hydroxyl groups excluding tert-OH is 2. The number of hydroxylamine groups is 2. The highest BCUT2D eigenvalue weighted by molar-refractivity contribution is 5.97. The number of hydrogen-bond donors (Lipinski definition) is 5. The summed E-state index contributed by atoms with van der Waals surface area (Å²) in [6.07, 6.45) is 2.84. The van der Waals surface area contributed by atoms with Gasteiger partial charge in [-0.05, 0) is 93.1 Å². The van der Waals surface area contributed by atoms with Gasteiger partial charge in [-0.15, -0.1) is 0 Å². The van der Waals surface area contributed by atoms with Gasteiger partial charge in [-0.1, -0.05) is 52.8 Å². The number of nitrogens with one attached hydrogen (secondary N) is 2. The smallest absolute Gasteiger partial charge is 0.251 e. The molecule has 2 aromatic carbocycles. The van der Waals surface area contributed by atoms with Gasteiger partial charge in [-0.25, -0.2) is 0 Å².